The molecular formula is C13H28N2. The monoisotopic (exact) mass is 212 g/mol. The Kier molecular flexibility index (Phi) is 5.07. The van der Waals surface area contributed by atoms with Gasteiger partial charge in [0.1, 0.15) is 0 Å². The van der Waals surface area contributed by atoms with E-state index in [1.807, 2.05) is 0 Å². The van der Waals surface area contributed by atoms with E-state index < -0.39 is 0 Å². The van der Waals surface area contributed by atoms with Gasteiger partial charge in [0.2, 0.25) is 0 Å². The summed E-state index contributed by atoms with van der Waals surface area (Å²) in [5.74, 6) is 6.57. The molecule has 1 aliphatic rings. The first-order chi connectivity index (χ1) is 7.01. The van der Waals surface area contributed by atoms with Crippen LogP contribution in [0.4, 0.5) is 0 Å². The fourth-order valence-corrected chi connectivity index (χ4v) is 2.52. The molecule has 15 heavy (non-hydrogen) atoms. The minimum atomic E-state index is 0.435. The summed E-state index contributed by atoms with van der Waals surface area (Å²) in [7, 11) is 0. The molecule has 0 aromatic carbocycles. The van der Waals surface area contributed by atoms with Crippen molar-refractivity contribution in [3.05, 3.63) is 0 Å². The molecule has 1 saturated carbocycles. The third kappa shape index (κ3) is 5.53. The lowest BCUT2D eigenvalue weighted by Gasteiger charge is -2.24. The minimum Gasteiger partial charge on any atom is -0.271 e. The number of nitrogens with two attached hydrogens (primary N) is 1. The largest absolute Gasteiger partial charge is 0.271 e. The smallest absolute Gasteiger partial charge is 0.0213 e. The van der Waals surface area contributed by atoms with E-state index in [0.29, 0.717) is 11.5 Å². The van der Waals surface area contributed by atoms with Crippen LogP contribution in [0.2, 0.25) is 0 Å². The Bertz CT molecular complexity index is 166. The fraction of sp³-hybridized carbons (Fsp3) is 1.00. The van der Waals surface area contributed by atoms with Crippen molar-refractivity contribution < 1.29 is 0 Å². The highest BCUT2D eigenvalue weighted by Crippen LogP contribution is 2.30. The summed E-state index contributed by atoms with van der Waals surface area (Å²) in [6, 6.07) is 0.535. The first-order valence-corrected chi connectivity index (χ1v) is 6.47. The summed E-state index contributed by atoms with van der Waals surface area (Å²) in [4.78, 5) is 0. The number of hydrogen-bond acceptors (Lipinski definition) is 2. The van der Waals surface area contributed by atoms with Gasteiger partial charge in [0.05, 0.1) is 0 Å². The average Bonchev–Trinajstić information content (AvgIpc) is 2.63. The molecular weight excluding hydrogens is 184 g/mol. The van der Waals surface area contributed by atoms with Gasteiger partial charge in [0, 0.05) is 6.04 Å². The molecule has 90 valence electrons. The second-order valence-corrected chi connectivity index (χ2v) is 6.35. The lowest BCUT2D eigenvalue weighted by atomic mass is 9.86. The lowest BCUT2D eigenvalue weighted by molar-refractivity contribution is 0.302. The van der Waals surface area contributed by atoms with Crippen molar-refractivity contribution in [3.8, 4) is 0 Å². The zero-order chi connectivity index (χ0) is 11.3. The van der Waals surface area contributed by atoms with Crippen LogP contribution < -0.4 is 11.3 Å². The van der Waals surface area contributed by atoms with Crippen molar-refractivity contribution in [3.63, 3.8) is 0 Å². The van der Waals surface area contributed by atoms with Gasteiger partial charge >= 0.3 is 0 Å². The van der Waals surface area contributed by atoms with Gasteiger partial charge in [-0.3, -0.25) is 11.3 Å². The van der Waals surface area contributed by atoms with Crippen LogP contribution in [-0.2, 0) is 0 Å². The van der Waals surface area contributed by atoms with Crippen LogP contribution in [0, 0.1) is 11.3 Å². The summed E-state index contributed by atoms with van der Waals surface area (Å²) in [6.45, 7) is 6.91. The van der Waals surface area contributed by atoms with Crippen LogP contribution in [0.25, 0.3) is 0 Å². The highest BCUT2D eigenvalue weighted by molar-refractivity contribution is 4.76. The molecule has 1 unspecified atom stereocenters. The van der Waals surface area contributed by atoms with Crippen LogP contribution in [0.15, 0.2) is 0 Å². The standard InChI is InChI=1S/C13H28N2/c1-13(2,3)9-8-12(15-14)10-11-6-4-5-7-11/h11-12,15H,4-10,14H2,1-3H3. The van der Waals surface area contributed by atoms with E-state index in [9.17, 15) is 0 Å². The van der Waals surface area contributed by atoms with Crippen molar-refractivity contribution in [2.24, 2.45) is 17.2 Å². The third-order valence-corrected chi connectivity index (χ3v) is 3.57. The molecule has 0 aromatic heterocycles. The molecule has 3 N–H and O–H groups in total. The Morgan fingerprint density at radius 2 is 1.87 bits per heavy atom. The molecule has 0 heterocycles. The molecule has 1 aliphatic carbocycles. The van der Waals surface area contributed by atoms with Crippen LogP contribution in [0.3, 0.4) is 0 Å². The molecule has 0 saturated heterocycles. The first-order valence-electron chi connectivity index (χ1n) is 6.47. The molecule has 0 aliphatic heterocycles. The Morgan fingerprint density at radius 1 is 1.27 bits per heavy atom. The maximum atomic E-state index is 5.63. The molecule has 0 aromatic rings. The molecule has 0 amide bonds. The molecule has 2 nitrogen and oxygen atoms in total. The Balaban J connectivity index is 2.22. The SMILES string of the molecule is CC(C)(C)CCC(CC1CCCC1)NN. The van der Waals surface area contributed by atoms with Gasteiger partial charge in [-0.1, -0.05) is 46.5 Å². The van der Waals surface area contributed by atoms with E-state index in [1.54, 1.807) is 0 Å². The number of hydrazine groups is 1. The van der Waals surface area contributed by atoms with Crippen molar-refractivity contribution in [2.45, 2.75) is 71.8 Å². The fourth-order valence-electron chi connectivity index (χ4n) is 2.52. The van der Waals surface area contributed by atoms with E-state index in [4.69, 9.17) is 5.84 Å². The first kappa shape index (κ1) is 13.0. The van der Waals surface area contributed by atoms with Gasteiger partial charge in [-0.15, -0.1) is 0 Å². The van der Waals surface area contributed by atoms with Crippen LogP contribution in [-0.4, -0.2) is 6.04 Å². The van der Waals surface area contributed by atoms with E-state index >= 15 is 0 Å². The maximum absolute atomic E-state index is 5.63. The summed E-state index contributed by atoms with van der Waals surface area (Å²) in [6.07, 6.45) is 9.47. The van der Waals surface area contributed by atoms with Gasteiger partial charge in [-0.2, -0.15) is 0 Å². The number of hydrogen-bond donors (Lipinski definition) is 2. The molecule has 2 heteroatoms. The zero-order valence-electron chi connectivity index (χ0n) is 10.7. The Morgan fingerprint density at radius 3 is 2.33 bits per heavy atom. The van der Waals surface area contributed by atoms with Crippen molar-refractivity contribution in [1.29, 1.82) is 0 Å². The molecule has 0 radical (unpaired) electrons. The average molecular weight is 212 g/mol. The second-order valence-electron chi connectivity index (χ2n) is 6.35. The molecule has 1 rings (SSSR count). The number of nitrogens with one attached hydrogen (secondary N) is 1. The van der Waals surface area contributed by atoms with Crippen molar-refractivity contribution in [2.75, 3.05) is 0 Å². The lowest BCUT2D eigenvalue weighted by Crippen LogP contribution is -2.37. The van der Waals surface area contributed by atoms with E-state index in [1.165, 1.54) is 44.9 Å². The molecule has 0 bridgehead atoms. The third-order valence-electron chi connectivity index (χ3n) is 3.57. The van der Waals surface area contributed by atoms with Gasteiger partial charge in [0.15, 0.2) is 0 Å². The summed E-state index contributed by atoms with van der Waals surface area (Å²) in [5, 5.41) is 0. The van der Waals surface area contributed by atoms with Gasteiger partial charge in [0.25, 0.3) is 0 Å². The molecule has 0 spiro atoms. The van der Waals surface area contributed by atoms with Crippen LogP contribution >= 0.6 is 0 Å². The van der Waals surface area contributed by atoms with Crippen molar-refractivity contribution >= 4 is 0 Å². The Labute approximate surface area is 95.0 Å². The second kappa shape index (κ2) is 5.86. The van der Waals surface area contributed by atoms with E-state index in [-0.39, 0.29) is 0 Å². The van der Waals surface area contributed by atoms with Crippen LogP contribution in [0.5, 0.6) is 0 Å². The highest BCUT2D eigenvalue weighted by Gasteiger charge is 2.21. The van der Waals surface area contributed by atoms with Crippen molar-refractivity contribution in [1.82, 2.24) is 5.43 Å². The Hall–Kier alpha value is -0.0800. The summed E-state index contributed by atoms with van der Waals surface area (Å²) in [5.41, 5.74) is 3.44. The summed E-state index contributed by atoms with van der Waals surface area (Å²) < 4.78 is 0. The summed E-state index contributed by atoms with van der Waals surface area (Å²) >= 11 is 0. The quantitative estimate of drug-likeness (QED) is 0.542. The van der Waals surface area contributed by atoms with E-state index in [0.717, 1.165) is 5.92 Å². The normalized spacial score (nSPS) is 20.8. The highest BCUT2D eigenvalue weighted by atomic mass is 15.2. The van der Waals surface area contributed by atoms with Gasteiger partial charge < -0.3 is 0 Å². The zero-order valence-corrected chi connectivity index (χ0v) is 10.7. The van der Waals surface area contributed by atoms with Crippen LogP contribution in [0.1, 0.15) is 65.7 Å². The van der Waals surface area contributed by atoms with Gasteiger partial charge in [-0.25, -0.2) is 0 Å². The predicted octanol–water partition coefficient (Wildman–Crippen LogP) is 3.22. The maximum Gasteiger partial charge on any atom is 0.0213 e. The molecule has 1 fully saturated rings. The molecule has 1 atom stereocenters. The minimum absolute atomic E-state index is 0.435. The predicted molar refractivity (Wildman–Crippen MR) is 66.4 cm³/mol. The topological polar surface area (TPSA) is 38.0 Å². The van der Waals surface area contributed by atoms with E-state index in [2.05, 4.69) is 26.2 Å². The van der Waals surface area contributed by atoms with Gasteiger partial charge in [-0.05, 0) is 30.6 Å². The number of rotatable bonds is 5.